The summed E-state index contributed by atoms with van der Waals surface area (Å²) in [4.78, 5) is 11.2. The van der Waals surface area contributed by atoms with E-state index in [-0.39, 0.29) is 18.2 Å². The lowest BCUT2D eigenvalue weighted by Gasteiger charge is -2.16. The quantitative estimate of drug-likeness (QED) is 0.558. The molecule has 3 N–H and O–H groups in total. The summed E-state index contributed by atoms with van der Waals surface area (Å²) in [7, 11) is 0. The zero-order valence-electron chi connectivity index (χ0n) is 16.7. The third-order valence-corrected chi connectivity index (χ3v) is 4.84. The standard InChI is InChI=1S/C24H24F2N2O2/c1-16(24(27)29)28-14-17-10-11-23(30-15-19-7-3-5-9-22(19)26)20(12-17)13-18-6-2-4-8-21(18)25/h2-12,16,28H,13-15H2,1H3,(H2,27,29). The van der Waals surface area contributed by atoms with Crippen molar-refractivity contribution >= 4 is 5.91 Å². The normalized spacial score (nSPS) is 11.8. The molecule has 6 heteroatoms. The zero-order valence-corrected chi connectivity index (χ0v) is 16.7. The summed E-state index contributed by atoms with van der Waals surface area (Å²) in [6.07, 6.45) is 0.318. The number of hydrogen-bond acceptors (Lipinski definition) is 3. The van der Waals surface area contributed by atoms with E-state index in [0.717, 1.165) is 11.1 Å². The number of hydrogen-bond donors (Lipinski definition) is 2. The van der Waals surface area contributed by atoms with E-state index in [4.69, 9.17) is 10.5 Å². The number of amides is 1. The fraction of sp³-hybridized carbons (Fsp3) is 0.208. The van der Waals surface area contributed by atoms with Crippen molar-refractivity contribution in [1.29, 1.82) is 0 Å². The highest BCUT2D eigenvalue weighted by atomic mass is 19.1. The van der Waals surface area contributed by atoms with Crippen molar-refractivity contribution < 1.29 is 18.3 Å². The molecular formula is C24H24F2N2O2. The first-order chi connectivity index (χ1) is 14.4. The number of halogens is 2. The molecule has 0 aliphatic heterocycles. The summed E-state index contributed by atoms with van der Waals surface area (Å²) < 4.78 is 34.0. The van der Waals surface area contributed by atoms with E-state index in [2.05, 4.69) is 5.32 Å². The molecule has 3 aromatic carbocycles. The molecule has 30 heavy (non-hydrogen) atoms. The molecule has 1 unspecified atom stereocenters. The second kappa shape index (κ2) is 9.98. The topological polar surface area (TPSA) is 64.3 Å². The number of nitrogens with one attached hydrogen (secondary N) is 1. The number of carbonyl (C=O) groups is 1. The third kappa shape index (κ3) is 5.64. The molecule has 0 saturated heterocycles. The van der Waals surface area contributed by atoms with E-state index >= 15 is 0 Å². The van der Waals surface area contributed by atoms with Crippen molar-refractivity contribution in [2.45, 2.75) is 32.5 Å². The minimum atomic E-state index is -0.475. The van der Waals surface area contributed by atoms with Gasteiger partial charge < -0.3 is 15.8 Å². The van der Waals surface area contributed by atoms with E-state index in [9.17, 15) is 13.6 Å². The van der Waals surface area contributed by atoms with Crippen molar-refractivity contribution in [3.63, 3.8) is 0 Å². The van der Waals surface area contributed by atoms with Gasteiger partial charge in [-0.3, -0.25) is 4.79 Å². The van der Waals surface area contributed by atoms with Crippen LogP contribution in [0.25, 0.3) is 0 Å². The molecule has 4 nitrogen and oxygen atoms in total. The van der Waals surface area contributed by atoms with Crippen molar-refractivity contribution in [3.05, 3.63) is 101 Å². The van der Waals surface area contributed by atoms with E-state index in [0.29, 0.717) is 29.8 Å². The van der Waals surface area contributed by atoms with E-state index in [1.54, 1.807) is 49.4 Å². The van der Waals surface area contributed by atoms with E-state index in [1.165, 1.54) is 12.1 Å². The van der Waals surface area contributed by atoms with Crippen LogP contribution < -0.4 is 15.8 Å². The molecule has 0 saturated carbocycles. The first-order valence-electron chi connectivity index (χ1n) is 9.68. The van der Waals surface area contributed by atoms with Crippen LogP contribution in [-0.2, 0) is 24.4 Å². The van der Waals surface area contributed by atoms with Gasteiger partial charge in [0.25, 0.3) is 0 Å². The summed E-state index contributed by atoms with van der Waals surface area (Å²) >= 11 is 0. The van der Waals surface area contributed by atoms with Crippen molar-refractivity contribution in [2.24, 2.45) is 5.73 Å². The smallest absolute Gasteiger partial charge is 0.234 e. The number of carbonyl (C=O) groups excluding carboxylic acids is 1. The molecule has 0 aliphatic carbocycles. The van der Waals surface area contributed by atoms with Gasteiger partial charge in [-0.2, -0.15) is 0 Å². The fourth-order valence-corrected chi connectivity index (χ4v) is 3.01. The molecular weight excluding hydrogens is 386 g/mol. The molecule has 1 atom stereocenters. The van der Waals surface area contributed by atoms with Gasteiger partial charge in [0.2, 0.25) is 5.91 Å². The Bertz CT molecular complexity index is 1020. The number of benzene rings is 3. The fourth-order valence-electron chi connectivity index (χ4n) is 3.01. The first-order valence-corrected chi connectivity index (χ1v) is 9.68. The van der Waals surface area contributed by atoms with Gasteiger partial charge in [0.05, 0.1) is 6.04 Å². The lowest BCUT2D eigenvalue weighted by molar-refractivity contribution is -0.119. The Morgan fingerprint density at radius 1 is 0.967 bits per heavy atom. The van der Waals surface area contributed by atoms with Crippen LogP contribution in [0.2, 0.25) is 0 Å². The van der Waals surface area contributed by atoms with Crippen LogP contribution in [0.5, 0.6) is 5.75 Å². The van der Waals surface area contributed by atoms with Crippen LogP contribution >= 0.6 is 0 Å². The molecule has 0 aliphatic rings. The highest BCUT2D eigenvalue weighted by Crippen LogP contribution is 2.26. The maximum absolute atomic E-state index is 14.2. The number of nitrogens with two attached hydrogens (primary N) is 1. The van der Waals surface area contributed by atoms with Crippen LogP contribution in [0.3, 0.4) is 0 Å². The number of primary amides is 1. The van der Waals surface area contributed by atoms with E-state index < -0.39 is 11.9 Å². The van der Waals surface area contributed by atoms with Crippen LogP contribution in [0.15, 0.2) is 66.7 Å². The minimum Gasteiger partial charge on any atom is -0.489 e. The summed E-state index contributed by atoms with van der Waals surface area (Å²) in [5.41, 5.74) is 7.92. The maximum atomic E-state index is 14.2. The summed E-state index contributed by atoms with van der Waals surface area (Å²) in [6, 6.07) is 18.0. The first kappa shape index (κ1) is 21.5. The molecule has 3 rings (SSSR count). The van der Waals surface area contributed by atoms with Crippen LogP contribution in [-0.4, -0.2) is 11.9 Å². The van der Waals surface area contributed by atoms with E-state index in [1.807, 2.05) is 12.1 Å². The van der Waals surface area contributed by atoms with Gasteiger partial charge in [-0.1, -0.05) is 48.5 Å². The average Bonchev–Trinajstić information content (AvgIpc) is 2.74. The Hall–Kier alpha value is -3.25. The molecule has 0 spiro atoms. The number of ether oxygens (including phenoxy) is 1. The van der Waals surface area contributed by atoms with Crippen LogP contribution in [0.1, 0.15) is 29.2 Å². The largest absolute Gasteiger partial charge is 0.489 e. The molecule has 156 valence electrons. The molecule has 1 amide bonds. The minimum absolute atomic E-state index is 0.0627. The van der Waals surface area contributed by atoms with Crippen molar-refractivity contribution in [1.82, 2.24) is 5.32 Å². The lowest BCUT2D eigenvalue weighted by Crippen LogP contribution is -2.38. The van der Waals surface area contributed by atoms with Gasteiger partial charge in [-0.25, -0.2) is 8.78 Å². The Labute approximate surface area is 174 Å². The number of rotatable bonds is 9. The third-order valence-electron chi connectivity index (χ3n) is 4.84. The van der Waals surface area contributed by atoms with Crippen molar-refractivity contribution in [3.8, 4) is 5.75 Å². The monoisotopic (exact) mass is 410 g/mol. The van der Waals surface area contributed by atoms with Crippen LogP contribution in [0, 0.1) is 11.6 Å². The summed E-state index contributed by atoms with van der Waals surface area (Å²) in [6.45, 7) is 2.17. The van der Waals surface area contributed by atoms with Gasteiger partial charge >= 0.3 is 0 Å². The Morgan fingerprint density at radius 2 is 1.60 bits per heavy atom. The van der Waals surface area contributed by atoms with Gasteiger partial charge in [0, 0.05) is 18.5 Å². The predicted octanol–water partition coefficient (Wildman–Crippen LogP) is 4.10. The molecule has 3 aromatic rings. The zero-order chi connectivity index (χ0) is 21.5. The second-order valence-corrected chi connectivity index (χ2v) is 7.10. The van der Waals surface area contributed by atoms with Crippen LogP contribution in [0.4, 0.5) is 8.78 Å². The molecule has 0 fully saturated rings. The highest BCUT2D eigenvalue weighted by molar-refractivity contribution is 5.79. The van der Waals surface area contributed by atoms with Gasteiger partial charge in [-0.05, 0) is 41.8 Å². The summed E-state index contributed by atoms with van der Waals surface area (Å²) in [5, 5.41) is 3.05. The van der Waals surface area contributed by atoms with Gasteiger partial charge in [0.15, 0.2) is 0 Å². The predicted molar refractivity (Wildman–Crippen MR) is 112 cm³/mol. The highest BCUT2D eigenvalue weighted by Gasteiger charge is 2.12. The Kier molecular flexibility index (Phi) is 7.14. The lowest BCUT2D eigenvalue weighted by atomic mass is 10.0. The van der Waals surface area contributed by atoms with Crippen molar-refractivity contribution in [2.75, 3.05) is 0 Å². The molecule has 0 radical (unpaired) electrons. The Balaban J connectivity index is 1.83. The molecule has 0 heterocycles. The maximum Gasteiger partial charge on any atom is 0.234 e. The molecule has 0 bridgehead atoms. The Morgan fingerprint density at radius 3 is 2.23 bits per heavy atom. The molecule has 0 aromatic heterocycles. The van der Waals surface area contributed by atoms with Gasteiger partial charge in [-0.15, -0.1) is 0 Å². The van der Waals surface area contributed by atoms with Gasteiger partial charge in [0.1, 0.15) is 24.0 Å². The summed E-state index contributed by atoms with van der Waals surface area (Å²) in [5.74, 6) is -0.530. The SMILES string of the molecule is CC(NCc1ccc(OCc2ccccc2F)c(Cc2ccccc2F)c1)C(N)=O. The average molecular weight is 410 g/mol. The second-order valence-electron chi connectivity index (χ2n) is 7.10.